The second kappa shape index (κ2) is 8.48. The smallest absolute Gasteiger partial charge is 0.174 e. The molecule has 160 valence electrons. The molecule has 5 rings (SSSR count). The van der Waals surface area contributed by atoms with Gasteiger partial charge < -0.3 is 14.6 Å². The summed E-state index contributed by atoms with van der Waals surface area (Å²) in [5, 5.41) is 4.03. The number of rotatable bonds is 4. The summed E-state index contributed by atoms with van der Waals surface area (Å²) < 4.78 is 20.5. The Hall–Kier alpha value is -3.03. The molecule has 4 nitrogen and oxygen atoms in total. The predicted molar refractivity (Wildman–Crippen MR) is 131 cm³/mol. The Morgan fingerprint density at radius 1 is 1.06 bits per heavy atom. The average molecular weight is 508 g/mol. The summed E-state index contributed by atoms with van der Waals surface area (Å²) in [4.78, 5) is 6.63. The number of nitrogens with one attached hydrogen (secondary N) is 1. The normalized spacial score (nSPS) is 18.1. The van der Waals surface area contributed by atoms with E-state index in [1.807, 2.05) is 30.3 Å². The van der Waals surface area contributed by atoms with Gasteiger partial charge in [-0.05, 0) is 89.7 Å². The SMILES string of the molecule is Cc1ccc(N2C(=S)N[C@H](c3ccccn3)[C@H]2c2ccc(-c3ccc(F)cc3Br)o2)cc1. The van der Waals surface area contributed by atoms with Crippen LogP contribution < -0.4 is 10.2 Å². The fourth-order valence-corrected chi connectivity index (χ4v) is 4.87. The van der Waals surface area contributed by atoms with E-state index in [0.717, 1.165) is 22.7 Å². The molecule has 3 heterocycles. The maximum Gasteiger partial charge on any atom is 0.174 e. The van der Waals surface area contributed by atoms with Gasteiger partial charge in [-0.2, -0.15) is 0 Å². The number of halogens is 2. The summed E-state index contributed by atoms with van der Waals surface area (Å²) in [5.74, 6) is 1.08. The molecule has 0 amide bonds. The van der Waals surface area contributed by atoms with E-state index in [9.17, 15) is 4.39 Å². The molecule has 1 aliphatic heterocycles. The summed E-state index contributed by atoms with van der Waals surface area (Å²) in [7, 11) is 0. The Balaban J connectivity index is 1.60. The van der Waals surface area contributed by atoms with Gasteiger partial charge in [0.25, 0.3) is 0 Å². The minimum absolute atomic E-state index is 0.194. The lowest BCUT2D eigenvalue weighted by Crippen LogP contribution is -2.29. The van der Waals surface area contributed by atoms with Gasteiger partial charge in [0, 0.05) is 21.9 Å². The van der Waals surface area contributed by atoms with Crippen LogP contribution in [0.15, 0.2) is 87.9 Å². The highest BCUT2D eigenvalue weighted by Crippen LogP contribution is 2.43. The van der Waals surface area contributed by atoms with Gasteiger partial charge in [-0.3, -0.25) is 4.98 Å². The molecule has 1 saturated heterocycles. The summed E-state index contributed by atoms with van der Waals surface area (Å²) >= 11 is 9.18. The molecule has 2 aromatic carbocycles. The number of aromatic nitrogens is 1. The number of furan rings is 1. The molecule has 4 aromatic rings. The van der Waals surface area contributed by atoms with Crippen molar-refractivity contribution in [2.24, 2.45) is 0 Å². The molecule has 0 unspecified atom stereocenters. The van der Waals surface area contributed by atoms with Crippen molar-refractivity contribution in [3.8, 4) is 11.3 Å². The number of hydrogen-bond donors (Lipinski definition) is 1. The molecule has 0 radical (unpaired) electrons. The molecular weight excluding hydrogens is 489 g/mol. The van der Waals surface area contributed by atoms with Crippen LogP contribution in [0, 0.1) is 12.7 Å². The Morgan fingerprint density at radius 3 is 2.59 bits per heavy atom. The van der Waals surface area contributed by atoms with Crippen LogP contribution in [-0.4, -0.2) is 10.1 Å². The number of thiocarbonyl (C=S) groups is 1. The summed E-state index contributed by atoms with van der Waals surface area (Å²) in [6.07, 6.45) is 1.77. The second-order valence-electron chi connectivity index (χ2n) is 7.66. The zero-order chi connectivity index (χ0) is 22.2. The second-order valence-corrected chi connectivity index (χ2v) is 8.90. The highest BCUT2D eigenvalue weighted by Gasteiger charge is 2.42. The van der Waals surface area contributed by atoms with Crippen molar-refractivity contribution in [3.05, 3.63) is 106 Å². The van der Waals surface area contributed by atoms with Gasteiger partial charge in [0.1, 0.15) is 23.4 Å². The molecule has 0 aliphatic carbocycles. The number of anilines is 1. The van der Waals surface area contributed by atoms with Crippen molar-refractivity contribution in [2.75, 3.05) is 4.90 Å². The Bertz CT molecular complexity index is 1280. The predicted octanol–water partition coefficient (Wildman–Crippen LogP) is 6.73. The van der Waals surface area contributed by atoms with E-state index in [0.29, 0.717) is 15.3 Å². The van der Waals surface area contributed by atoms with Crippen molar-refractivity contribution in [2.45, 2.75) is 19.0 Å². The highest BCUT2D eigenvalue weighted by atomic mass is 79.9. The van der Waals surface area contributed by atoms with Crippen LogP contribution >= 0.6 is 28.1 Å². The van der Waals surface area contributed by atoms with Crippen LogP contribution in [0.3, 0.4) is 0 Å². The molecule has 1 fully saturated rings. The number of hydrogen-bond acceptors (Lipinski definition) is 3. The molecular formula is C25H19BrFN3OS. The number of pyridine rings is 1. The van der Waals surface area contributed by atoms with E-state index >= 15 is 0 Å². The lowest BCUT2D eigenvalue weighted by atomic mass is 10.0. The molecule has 1 aliphatic rings. The summed E-state index contributed by atoms with van der Waals surface area (Å²) in [6, 6.07) is 22.0. The minimum atomic E-state index is -0.307. The number of benzene rings is 2. The molecule has 1 N–H and O–H groups in total. The van der Waals surface area contributed by atoms with Crippen LogP contribution in [0.2, 0.25) is 0 Å². The highest BCUT2D eigenvalue weighted by molar-refractivity contribution is 9.10. The first-order chi connectivity index (χ1) is 15.5. The zero-order valence-electron chi connectivity index (χ0n) is 17.1. The van der Waals surface area contributed by atoms with Gasteiger partial charge >= 0.3 is 0 Å². The summed E-state index contributed by atoms with van der Waals surface area (Å²) in [6.45, 7) is 2.05. The quantitative estimate of drug-likeness (QED) is 0.310. The van der Waals surface area contributed by atoms with Crippen molar-refractivity contribution < 1.29 is 8.81 Å². The first-order valence-corrected chi connectivity index (χ1v) is 11.3. The first-order valence-electron chi connectivity index (χ1n) is 10.1. The standard InChI is InChI=1S/C25H19BrFN3OS/c1-15-5-8-17(9-6-15)30-24(23(29-25(30)32)20-4-2-3-13-28-20)22-12-11-21(31-22)18-10-7-16(27)14-19(18)26/h2-14,23-24H,1H3,(H,29,32)/t23-,24-/m1/s1. The van der Waals surface area contributed by atoms with E-state index in [-0.39, 0.29) is 17.9 Å². The lowest BCUT2D eigenvalue weighted by Gasteiger charge is -2.26. The average Bonchev–Trinajstić information content (AvgIpc) is 3.39. The van der Waals surface area contributed by atoms with Crippen molar-refractivity contribution in [1.82, 2.24) is 10.3 Å². The largest absolute Gasteiger partial charge is 0.459 e. The van der Waals surface area contributed by atoms with E-state index in [1.54, 1.807) is 12.3 Å². The van der Waals surface area contributed by atoms with Crippen LogP contribution in [0.4, 0.5) is 10.1 Å². The molecule has 32 heavy (non-hydrogen) atoms. The van der Waals surface area contributed by atoms with E-state index in [1.165, 1.54) is 17.7 Å². The van der Waals surface area contributed by atoms with Crippen LogP contribution in [-0.2, 0) is 0 Å². The first kappa shape index (κ1) is 20.8. The maximum absolute atomic E-state index is 13.6. The van der Waals surface area contributed by atoms with Crippen molar-refractivity contribution >= 4 is 38.9 Å². The van der Waals surface area contributed by atoms with Gasteiger partial charge in [-0.1, -0.05) is 23.8 Å². The van der Waals surface area contributed by atoms with E-state index < -0.39 is 0 Å². The number of aryl methyl sites for hydroxylation is 1. The van der Waals surface area contributed by atoms with E-state index in [4.69, 9.17) is 16.6 Å². The lowest BCUT2D eigenvalue weighted by molar-refractivity contribution is 0.439. The monoisotopic (exact) mass is 507 g/mol. The zero-order valence-corrected chi connectivity index (χ0v) is 19.5. The molecule has 0 spiro atoms. The molecule has 0 saturated carbocycles. The van der Waals surface area contributed by atoms with Gasteiger partial charge in [0.2, 0.25) is 0 Å². The number of nitrogens with zero attached hydrogens (tertiary/aromatic N) is 2. The van der Waals surface area contributed by atoms with Crippen LogP contribution in [0.1, 0.15) is 29.1 Å². The summed E-state index contributed by atoms with van der Waals surface area (Å²) in [5.41, 5.74) is 3.79. The third-order valence-corrected chi connectivity index (χ3v) is 6.50. The molecule has 2 atom stereocenters. The molecule has 2 aromatic heterocycles. The maximum atomic E-state index is 13.6. The Kier molecular flexibility index (Phi) is 5.53. The van der Waals surface area contributed by atoms with Crippen LogP contribution in [0.25, 0.3) is 11.3 Å². The Morgan fingerprint density at radius 2 is 1.88 bits per heavy atom. The Labute approximate surface area is 199 Å². The van der Waals surface area contributed by atoms with E-state index in [2.05, 4.69) is 62.3 Å². The van der Waals surface area contributed by atoms with Gasteiger partial charge in [0.15, 0.2) is 5.11 Å². The fraction of sp³-hybridized carbons (Fsp3) is 0.120. The van der Waals surface area contributed by atoms with Crippen molar-refractivity contribution in [3.63, 3.8) is 0 Å². The van der Waals surface area contributed by atoms with Gasteiger partial charge in [-0.25, -0.2) is 4.39 Å². The van der Waals surface area contributed by atoms with Gasteiger partial charge in [0.05, 0.1) is 11.7 Å². The third kappa shape index (κ3) is 3.82. The minimum Gasteiger partial charge on any atom is -0.459 e. The third-order valence-electron chi connectivity index (χ3n) is 5.53. The molecule has 0 bridgehead atoms. The van der Waals surface area contributed by atoms with Crippen LogP contribution in [0.5, 0.6) is 0 Å². The van der Waals surface area contributed by atoms with Crippen molar-refractivity contribution in [1.29, 1.82) is 0 Å². The fourth-order valence-electron chi connectivity index (χ4n) is 3.97. The topological polar surface area (TPSA) is 41.3 Å². The van der Waals surface area contributed by atoms with Gasteiger partial charge in [-0.15, -0.1) is 0 Å². The molecule has 7 heteroatoms.